The fourth-order valence-electron chi connectivity index (χ4n) is 1.57. The fraction of sp³-hybridized carbons (Fsp3) is 0.385. The Labute approximate surface area is 121 Å². The number of hydrogen-bond acceptors (Lipinski definition) is 3. The van der Waals surface area contributed by atoms with Crippen LogP contribution in [0.4, 0.5) is 14.9 Å². The maximum absolute atomic E-state index is 13.6. The molecule has 0 radical (unpaired) electrons. The number of amides is 2. The third kappa shape index (κ3) is 4.41. The molecule has 5 nitrogen and oxygen atoms in total. The minimum atomic E-state index is -1.10. The molecular weight excluding hydrogens is 283 g/mol. The molecule has 0 aliphatic heterocycles. The second-order valence-corrected chi connectivity index (χ2v) is 5.12. The number of aliphatic carboxylic acids is 1. The molecule has 0 heterocycles. The van der Waals surface area contributed by atoms with Gasteiger partial charge in [-0.1, -0.05) is 12.1 Å². The zero-order valence-corrected chi connectivity index (χ0v) is 12.1. The van der Waals surface area contributed by atoms with E-state index in [-0.39, 0.29) is 5.69 Å². The van der Waals surface area contributed by atoms with Gasteiger partial charge in [0.2, 0.25) is 0 Å². The summed E-state index contributed by atoms with van der Waals surface area (Å²) < 4.78 is 13.6. The zero-order valence-electron chi connectivity index (χ0n) is 11.3. The largest absolute Gasteiger partial charge is 0.480 e. The van der Waals surface area contributed by atoms with E-state index in [2.05, 4.69) is 5.32 Å². The second kappa shape index (κ2) is 7.74. The van der Waals surface area contributed by atoms with E-state index < -0.39 is 23.9 Å². The lowest BCUT2D eigenvalue weighted by Gasteiger charge is -2.21. The minimum Gasteiger partial charge on any atom is -0.480 e. The monoisotopic (exact) mass is 300 g/mol. The molecule has 1 atom stereocenters. The van der Waals surface area contributed by atoms with Crippen LogP contribution in [-0.4, -0.2) is 42.2 Å². The Balaban J connectivity index is 2.73. The standard InChI is InChI=1S/C13H17FN2O3S/c1-16(11-6-4-3-5-9(11)14)13(19)15-10(12(17)18)7-8-20-2/h3-6,10H,7-8H2,1-2H3,(H,15,19)(H,17,18)/t10-/m0/s1. The van der Waals surface area contributed by atoms with Gasteiger partial charge in [0.1, 0.15) is 11.9 Å². The van der Waals surface area contributed by atoms with Gasteiger partial charge in [-0.25, -0.2) is 14.0 Å². The Hall–Kier alpha value is -1.76. The van der Waals surface area contributed by atoms with E-state index in [1.54, 1.807) is 6.07 Å². The third-order valence-corrected chi connectivity index (χ3v) is 3.37. The molecule has 2 N–H and O–H groups in total. The van der Waals surface area contributed by atoms with Crippen LogP contribution in [0.25, 0.3) is 0 Å². The Kier molecular flexibility index (Phi) is 6.30. The van der Waals surface area contributed by atoms with Gasteiger partial charge in [0, 0.05) is 7.05 Å². The van der Waals surface area contributed by atoms with E-state index in [9.17, 15) is 14.0 Å². The van der Waals surface area contributed by atoms with E-state index in [4.69, 9.17) is 5.11 Å². The van der Waals surface area contributed by atoms with Crippen molar-refractivity contribution in [1.29, 1.82) is 0 Å². The Bertz CT molecular complexity index is 484. The lowest BCUT2D eigenvalue weighted by atomic mass is 10.2. The van der Waals surface area contributed by atoms with Crippen LogP contribution in [-0.2, 0) is 4.79 Å². The molecule has 0 unspecified atom stereocenters. The molecule has 0 saturated carbocycles. The number of nitrogens with one attached hydrogen (secondary N) is 1. The number of nitrogens with zero attached hydrogens (tertiary/aromatic N) is 1. The number of carboxylic acids is 1. The Morgan fingerprint density at radius 1 is 1.45 bits per heavy atom. The summed E-state index contributed by atoms with van der Waals surface area (Å²) in [6, 6.07) is 4.18. The topological polar surface area (TPSA) is 69.6 Å². The summed E-state index contributed by atoms with van der Waals surface area (Å²) in [5.74, 6) is -1.03. The maximum Gasteiger partial charge on any atom is 0.326 e. The average molecular weight is 300 g/mol. The lowest BCUT2D eigenvalue weighted by molar-refractivity contribution is -0.139. The van der Waals surface area contributed by atoms with Gasteiger partial charge in [0.25, 0.3) is 0 Å². The van der Waals surface area contributed by atoms with E-state index in [0.717, 1.165) is 4.90 Å². The van der Waals surface area contributed by atoms with Crippen LogP contribution in [0.3, 0.4) is 0 Å². The molecule has 1 rings (SSSR count). The highest BCUT2D eigenvalue weighted by molar-refractivity contribution is 7.98. The summed E-state index contributed by atoms with van der Waals surface area (Å²) in [5, 5.41) is 11.4. The Morgan fingerprint density at radius 2 is 2.10 bits per heavy atom. The van der Waals surface area contributed by atoms with Gasteiger partial charge in [0.05, 0.1) is 5.69 Å². The van der Waals surface area contributed by atoms with Gasteiger partial charge < -0.3 is 10.4 Å². The van der Waals surface area contributed by atoms with Gasteiger partial charge in [-0.2, -0.15) is 11.8 Å². The quantitative estimate of drug-likeness (QED) is 0.845. The number of hydrogen-bond donors (Lipinski definition) is 2. The van der Waals surface area contributed by atoms with Gasteiger partial charge in [-0.15, -0.1) is 0 Å². The van der Waals surface area contributed by atoms with Crippen molar-refractivity contribution in [3.8, 4) is 0 Å². The number of carbonyl (C=O) groups excluding carboxylic acids is 1. The molecule has 0 fully saturated rings. The number of carbonyl (C=O) groups is 2. The van der Waals surface area contributed by atoms with Crippen molar-refractivity contribution in [1.82, 2.24) is 5.32 Å². The summed E-state index contributed by atoms with van der Waals surface area (Å²) >= 11 is 1.49. The smallest absolute Gasteiger partial charge is 0.326 e. The third-order valence-electron chi connectivity index (χ3n) is 2.72. The van der Waals surface area contributed by atoms with Crippen LogP contribution in [0.15, 0.2) is 24.3 Å². The SMILES string of the molecule is CSCC[C@H](NC(=O)N(C)c1ccccc1F)C(=O)O. The molecule has 1 aromatic rings. The summed E-state index contributed by atoms with van der Waals surface area (Å²) in [7, 11) is 1.39. The normalized spacial score (nSPS) is 11.8. The zero-order chi connectivity index (χ0) is 15.1. The number of benzene rings is 1. The molecule has 0 spiro atoms. The molecule has 7 heteroatoms. The van der Waals surface area contributed by atoms with Gasteiger partial charge >= 0.3 is 12.0 Å². The van der Waals surface area contributed by atoms with Crippen molar-refractivity contribution in [2.45, 2.75) is 12.5 Å². The molecular formula is C13H17FN2O3S. The minimum absolute atomic E-state index is 0.0963. The van der Waals surface area contributed by atoms with Crippen LogP contribution in [0.2, 0.25) is 0 Å². The number of rotatable bonds is 6. The van der Waals surface area contributed by atoms with E-state index in [1.807, 2.05) is 6.26 Å². The highest BCUT2D eigenvalue weighted by Crippen LogP contribution is 2.17. The fourth-order valence-corrected chi connectivity index (χ4v) is 2.04. The van der Waals surface area contributed by atoms with E-state index in [1.165, 1.54) is 37.0 Å². The summed E-state index contributed by atoms with van der Waals surface area (Å²) in [4.78, 5) is 24.1. The highest BCUT2D eigenvalue weighted by atomic mass is 32.2. The molecule has 20 heavy (non-hydrogen) atoms. The van der Waals surface area contributed by atoms with Gasteiger partial charge in [-0.05, 0) is 30.6 Å². The first-order valence-corrected chi connectivity index (χ1v) is 7.37. The predicted octanol–water partition coefficient (Wildman–Crippen LogP) is 2.18. The van der Waals surface area contributed by atoms with Crippen LogP contribution in [0, 0.1) is 5.82 Å². The molecule has 0 aliphatic carbocycles. The Morgan fingerprint density at radius 3 is 2.65 bits per heavy atom. The maximum atomic E-state index is 13.6. The molecule has 110 valence electrons. The molecule has 0 bridgehead atoms. The van der Waals surface area contributed by atoms with Crippen LogP contribution in [0.1, 0.15) is 6.42 Å². The number of anilines is 1. The number of para-hydroxylation sites is 1. The van der Waals surface area contributed by atoms with Crippen LogP contribution in [0.5, 0.6) is 0 Å². The first kappa shape index (κ1) is 16.3. The summed E-state index contributed by atoms with van der Waals surface area (Å²) in [6.07, 6.45) is 2.17. The van der Waals surface area contributed by atoms with Gasteiger partial charge in [-0.3, -0.25) is 4.90 Å². The van der Waals surface area contributed by atoms with Crippen molar-refractivity contribution >= 4 is 29.4 Å². The van der Waals surface area contributed by atoms with Crippen molar-refractivity contribution in [2.75, 3.05) is 24.0 Å². The first-order chi connectivity index (χ1) is 9.47. The van der Waals surface area contributed by atoms with E-state index in [0.29, 0.717) is 12.2 Å². The van der Waals surface area contributed by atoms with Gasteiger partial charge in [0.15, 0.2) is 0 Å². The first-order valence-electron chi connectivity index (χ1n) is 5.98. The number of halogens is 1. The average Bonchev–Trinajstić information content (AvgIpc) is 2.42. The molecule has 0 aliphatic rings. The molecule has 1 aromatic carbocycles. The summed E-state index contributed by atoms with van der Waals surface area (Å²) in [5.41, 5.74) is 0.0963. The molecule has 0 saturated heterocycles. The van der Waals surface area contributed by atoms with Crippen LogP contribution < -0.4 is 10.2 Å². The number of carboxylic acid groups (broad SMARTS) is 1. The molecule has 0 aromatic heterocycles. The van der Waals surface area contributed by atoms with Crippen molar-refractivity contribution in [3.05, 3.63) is 30.1 Å². The highest BCUT2D eigenvalue weighted by Gasteiger charge is 2.22. The number of thioether (sulfide) groups is 1. The second-order valence-electron chi connectivity index (χ2n) is 4.13. The van der Waals surface area contributed by atoms with Crippen molar-refractivity contribution in [3.63, 3.8) is 0 Å². The van der Waals surface area contributed by atoms with Crippen molar-refractivity contribution in [2.24, 2.45) is 0 Å². The van der Waals surface area contributed by atoms with Crippen molar-refractivity contribution < 1.29 is 19.1 Å². The number of urea groups is 1. The predicted molar refractivity (Wildman–Crippen MR) is 77.8 cm³/mol. The molecule has 2 amide bonds. The van der Waals surface area contributed by atoms with E-state index >= 15 is 0 Å². The summed E-state index contributed by atoms with van der Waals surface area (Å²) in [6.45, 7) is 0. The lowest BCUT2D eigenvalue weighted by Crippen LogP contribution is -2.47. The van der Waals surface area contributed by atoms with Crippen LogP contribution >= 0.6 is 11.8 Å².